The molecule has 0 saturated heterocycles. The van der Waals surface area contributed by atoms with Crippen LogP contribution in [0.1, 0.15) is 0 Å². The van der Waals surface area contributed by atoms with E-state index in [1.807, 2.05) is 0 Å². The van der Waals surface area contributed by atoms with Gasteiger partial charge in [-0.25, -0.2) is 0 Å². The van der Waals surface area contributed by atoms with Crippen LogP contribution in [0.15, 0.2) is 211 Å². The van der Waals surface area contributed by atoms with Crippen LogP contribution in [0.25, 0.3) is 82.5 Å². The van der Waals surface area contributed by atoms with Crippen molar-refractivity contribution in [1.29, 1.82) is 0 Å². The summed E-state index contributed by atoms with van der Waals surface area (Å²) in [5.41, 5.74) is 13.2. The average Bonchev–Trinajstić information content (AvgIpc) is 3.79. The van der Waals surface area contributed by atoms with E-state index in [4.69, 9.17) is 4.42 Å². The smallest absolute Gasteiger partial charge is 0.143 e. The number of rotatable bonds is 6. The minimum atomic E-state index is 0.865. The van der Waals surface area contributed by atoms with Crippen LogP contribution >= 0.6 is 0 Å². The molecule has 0 atom stereocenters. The van der Waals surface area contributed by atoms with Crippen molar-refractivity contribution < 1.29 is 4.42 Å². The summed E-state index contributed by atoms with van der Waals surface area (Å²) < 4.78 is 9.22. The Bertz CT molecular complexity index is 3120. The Labute approximate surface area is 318 Å². The molecule has 0 amide bonds. The van der Waals surface area contributed by atoms with Gasteiger partial charge in [-0.2, -0.15) is 0 Å². The molecule has 0 saturated carbocycles. The predicted molar refractivity (Wildman–Crippen MR) is 231 cm³/mol. The fourth-order valence-corrected chi connectivity index (χ4v) is 8.42. The maximum absolute atomic E-state index is 6.85. The second-order valence-electron chi connectivity index (χ2n) is 14.1. The molecule has 0 spiro atoms. The summed E-state index contributed by atoms with van der Waals surface area (Å²) >= 11 is 0. The van der Waals surface area contributed by atoms with Gasteiger partial charge in [0.2, 0.25) is 0 Å². The molecule has 258 valence electrons. The second-order valence-corrected chi connectivity index (χ2v) is 14.1. The largest absolute Gasteiger partial charge is 0.455 e. The van der Waals surface area contributed by atoms with Crippen molar-refractivity contribution in [3.05, 3.63) is 206 Å². The minimum absolute atomic E-state index is 0.865. The van der Waals surface area contributed by atoms with E-state index in [9.17, 15) is 0 Å². The highest BCUT2D eigenvalue weighted by atomic mass is 16.3. The maximum Gasteiger partial charge on any atom is 0.143 e. The number of hydrogen-bond donors (Lipinski definition) is 0. The molecular weight excluding hydrogens is 669 g/mol. The number of para-hydroxylation sites is 3. The number of benzene rings is 9. The summed E-state index contributed by atoms with van der Waals surface area (Å²) in [6.07, 6.45) is 0. The van der Waals surface area contributed by atoms with E-state index in [-0.39, 0.29) is 0 Å². The third-order valence-electron chi connectivity index (χ3n) is 11.0. The molecular formula is C52H34N2O. The Balaban J connectivity index is 1.06. The minimum Gasteiger partial charge on any atom is -0.455 e. The van der Waals surface area contributed by atoms with Gasteiger partial charge >= 0.3 is 0 Å². The first kappa shape index (κ1) is 31.2. The standard InChI is InChI=1S/C52H34N2O/c1-3-13-35(14-4-1)36-23-27-40(28-24-36)53(39-16-5-2-6-17-39)42-31-32-50-46(34-42)47-33-38-15-7-8-18-43(38)51(52(47)55-50)37-25-29-41(30-26-37)54-48-21-11-9-19-44(48)45-20-10-12-22-49(45)54/h1-34H. The Kier molecular flexibility index (Phi) is 7.17. The lowest BCUT2D eigenvalue weighted by molar-refractivity contribution is 0.670. The summed E-state index contributed by atoms with van der Waals surface area (Å²) in [4.78, 5) is 2.32. The molecule has 0 N–H and O–H groups in total. The van der Waals surface area contributed by atoms with Gasteiger partial charge in [0.1, 0.15) is 11.2 Å². The summed E-state index contributed by atoms with van der Waals surface area (Å²) in [5, 5.41) is 7.06. The molecule has 55 heavy (non-hydrogen) atoms. The fourth-order valence-electron chi connectivity index (χ4n) is 8.42. The normalized spacial score (nSPS) is 11.6. The van der Waals surface area contributed by atoms with Gasteiger partial charge in [-0.1, -0.05) is 133 Å². The van der Waals surface area contributed by atoms with Crippen molar-refractivity contribution in [2.75, 3.05) is 4.90 Å². The lowest BCUT2D eigenvalue weighted by Crippen LogP contribution is -2.09. The van der Waals surface area contributed by atoms with Crippen LogP contribution < -0.4 is 4.90 Å². The number of fused-ring (bicyclic) bond motifs is 7. The molecule has 9 aromatic carbocycles. The van der Waals surface area contributed by atoms with E-state index in [0.29, 0.717) is 0 Å². The number of anilines is 3. The zero-order valence-corrected chi connectivity index (χ0v) is 29.9. The lowest BCUT2D eigenvalue weighted by atomic mass is 9.95. The van der Waals surface area contributed by atoms with Gasteiger partial charge in [-0.15, -0.1) is 0 Å². The van der Waals surface area contributed by atoms with Gasteiger partial charge in [0.25, 0.3) is 0 Å². The van der Waals surface area contributed by atoms with Gasteiger partial charge in [-0.3, -0.25) is 0 Å². The quantitative estimate of drug-likeness (QED) is 0.172. The monoisotopic (exact) mass is 702 g/mol. The summed E-state index contributed by atoms with van der Waals surface area (Å²) in [5.74, 6) is 0. The van der Waals surface area contributed by atoms with Crippen LogP contribution in [0.2, 0.25) is 0 Å². The van der Waals surface area contributed by atoms with Gasteiger partial charge in [0.05, 0.1) is 11.0 Å². The van der Waals surface area contributed by atoms with Crippen molar-refractivity contribution in [3.63, 3.8) is 0 Å². The maximum atomic E-state index is 6.85. The molecule has 0 fully saturated rings. The Morgan fingerprint density at radius 1 is 0.364 bits per heavy atom. The summed E-state index contributed by atoms with van der Waals surface area (Å²) in [6, 6.07) is 73.7. The van der Waals surface area contributed by atoms with Crippen molar-refractivity contribution in [1.82, 2.24) is 4.57 Å². The molecule has 0 aliphatic carbocycles. The van der Waals surface area contributed by atoms with Gasteiger partial charge < -0.3 is 13.9 Å². The van der Waals surface area contributed by atoms with Crippen molar-refractivity contribution in [2.24, 2.45) is 0 Å². The molecule has 11 aromatic rings. The van der Waals surface area contributed by atoms with E-state index >= 15 is 0 Å². The van der Waals surface area contributed by atoms with Crippen molar-refractivity contribution in [2.45, 2.75) is 0 Å². The van der Waals surface area contributed by atoms with Gasteiger partial charge in [0.15, 0.2) is 0 Å². The first-order valence-electron chi connectivity index (χ1n) is 18.8. The summed E-state index contributed by atoms with van der Waals surface area (Å²) in [7, 11) is 0. The zero-order valence-electron chi connectivity index (χ0n) is 29.9. The molecule has 2 aromatic heterocycles. The number of aromatic nitrogens is 1. The number of furan rings is 1. The average molecular weight is 703 g/mol. The second kappa shape index (κ2) is 12.6. The first-order chi connectivity index (χ1) is 27.3. The van der Waals surface area contributed by atoms with E-state index in [2.05, 4.69) is 216 Å². The van der Waals surface area contributed by atoms with Crippen LogP contribution in [-0.4, -0.2) is 4.57 Å². The van der Waals surface area contributed by atoms with Gasteiger partial charge in [0, 0.05) is 49.9 Å². The highest BCUT2D eigenvalue weighted by Gasteiger charge is 2.20. The predicted octanol–water partition coefficient (Wildman–Crippen LogP) is 14.6. The van der Waals surface area contributed by atoms with Crippen LogP contribution in [0, 0.1) is 0 Å². The third kappa shape index (κ3) is 5.13. The molecule has 0 bridgehead atoms. The van der Waals surface area contributed by atoms with Crippen LogP contribution in [0.4, 0.5) is 17.1 Å². The SMILES string of the molecule is c1ccc(-c2ccc(N(c3ccccc3)c3ccc4oc5c(-c6ccc(-n7c8ccccc8c8ccccc87)cc6)c6ccccc6cc5c4c3)cc2)cc1. The zero-order chi connectivity index (χ0) is 36.3. The molecule has 11 rings (SSSR count). The van der Waals surface area contributed by atoms with E-state index in [0.717, 1.165) is 55.8 Å². The fraction of sp³-hybridized carbons (Fsp3) is 0. The van der Waals surface area contributed by atoms with Crippen molar-refractivity contribution in [3.8, 4) is 27.9 Å². The topological polar surface area (TPSA) is 21.3 Å². The molecule has 0 aliphatic rings. The Hall–Kier alpha value is -7.36. The molecule has 0 aliphatic heterocycles. The van der Waals surface area contributed by atoms with Crippen LogP contribution in [0.3, 0.4) is 0 Å². The molecule has 0 unspecified atom stereocenters. The molecule has 2 heterocycles. The van der Waals surface area contributed by atoms with Crippen molar-refractivity contribution >= 4 is 71.6 Å². The van der Waals surface area contributed by atoms with E-state index in [1.165, 1.54) is 43.7 Å². The van der Waals surface area contributed by atoms with Crippen LogP contribution in [-0.2, 0) is 0 Å². The first-order valence-corrected chi connectivity index (χ1v) is 18.8. The molecule has 3 nitrogen and oxygen atoms in total. The molecule has 0 radical (unpaired) electrons. The van der Waals surface area contributed by atoms with Crippen LogP contribution in [0.5, 0.6) is 0 Å². The van der Waals surface area contributed by atoms with E-state index in [1.54, 1.807) is 0 Å². The summed E-state index contributed by atoms with van der Waals surface area (Å²) in [6.45, 7) is 0. The molecule has 3 heteroatoms. The third-order valence-corrected chi connectivity index (χ3v) is 11.0. The lowest BCUT2D eigenvalue weighted by Gasteiger charge is -2.25. The number of nitrogens with zero attached hydrogens (tertiary/aromatic N) is 2. The van der Waals surface area contributed by atoms with E-state index < -0.39 is 0 Å². The Morgan fingerprint density at radius 2 is 0.909 bits per heavy atom. The highest BCUT2D eigenvalue weighted by molar-refractivity contribution is 6.19. The Morgan fingerprint density at radius 3 is 1.62 bits per heavy atom. The van der Waals surface area contributed by atoms with Gasteiger partial charge in [-0.05, 0) is 100 Å². The number of hydrogen-bond acceptors (Lipinski definition) is 2. The highest BCUT2D eigenvalue weighted by Crippen LogP contribution is 2.44.